The first-order valence-electron chi connectivity index (χ1n) is 5.60. The Bertz CT molecular complexity index is 364. The van der Waals surface area contributed by atoms with Gasteiger partial charge in [-0.3, -0.25) is 4.79 Å². The van der Waals surface area contributed by atoms with Gasteiger partial charge in [0, 0.05) is 22.5 Å². The fourth-order valence-corrected chi connectivity index (χ4v) is 2.08. The number of carbonyl (C=O) groups is 1. The zero-order valence-electron chi connectivity index (χ0n) is 9.79. The molecule has 0 amide bonds. The Hall–Kier alpha value is -0.860. The molecule has 0 radical (unpaired) electrons. The summed E-state index contributed by atoms with van der Waals surface area (Å²) in [4.78, 5) is 12.4. The van der Waals surface area contributed by atoms with E-state index < -0.39 is 5.41 Å². The molecular formula is C13H18ClNO. The van der Waals surface area contributed by atoms with Gasteiger partial charge in [0.15, 0.2) is 5.78 Å². The molecule has 0 bridgehead atoms. The van der Waals surface area contributed by atoms with Crippen LogP contribution >= 0.6 is 11.6 Å². The Balaban J connectivity index is 3.09. The summed E-state index contributed by atoms with van der Waals surface area (Å²) >= 11 is 5.89. The van der Waals surface area contributed by atoms with Gasteiger partial charge in [0.1, 0.15) is 0 Å². The summed E-state index contributed by atoms with van der Waals surface area (Å²) in [6.45, 7) is 4.38. The largest absolute Gasteiger partial charge is 0.329 e. The number of carbonyl (C=O) groups excluding carboxylic acids is 1. The second-order valence-corrected chi connectivity index (χ2v) is 4.47. The molecule has 0 spiro atoms. The molecular weight excluding hydrogens is 222 g/mol. The lowest BCUT2D eigenvalue weighted by Crippen LogP contribution is -2.37. The lowest BCUT2D eigenvalue weighted by molar-refractivity contribution is 0.0787. The molecule has 2 nitrogen and oxygen atoms in total. The maximum atomic E-state index is 12.4. The van der Waals surface area contributed by atoms with Crippen LogP contribution in [0.15, 0.2) is 24.3 Å². The maximum Gasteiger partial charge on any atom is 0.170 e. The molecule has 0 aliphatic heterocycles. The third-order valence-corrected chi connectivity index (χ3v) is 3.55. The van der Waals surface area contributed by atoms with Gasteiger partial charge in [0.2, 0.25) is 0 Å². The van der Waals surface area contributed by atoms with Crippen molar-refractivity contribution < 1.29 is 4.79 Å². The zero-order chi connectivity index (χ0) is 12.2. The van der Waals surface area contributed by atoms with Gasteiger partial charge in [0.25, 0.3) is 0 Å². The molecule has 1 aromatic rings. The van der Waals surface area contributed by atoms with Crippen molar-refractivity contribution in [1.29, 1.82) is 0 Å². The van der Waals surface area contributed by atoms with Crippen LogP contribution < -0.4 is 5.73 Å². The van der Waals surface area contributed by atoms with E-state index in [0.717, 1.165) is 12.8 Å². The molecule has 0 aliphatic carbocycles. The van der Waals surface area contributed by atoms with E-state index in [9.17, 15) is 4.79 Å². The normalized spacial score (nSPS) is 11.5. The van der Waals surface area contributed by atoms with Crippen molar-refractivity contribution in [2.24, 2.45) is 11.1 Å². The first kappa shape index (κ1) is 13.2. The highest BCUT2D eigenvalue weighted by Crippen LogP contribution is 2.30. The highest BCUT2D eigenvalue weighted by molar-refractivity contribution is 6.31. The van der Waals surface area contributed by atoms with Crippen molar-refractivity contribution in [3.8, 4) is 0 Å². The van der Waals surface area contributed by atoms with Crippen molar-refractivity contribution in [3.63, 3.8) is 0 Å². The van der Waals surface area contributed by atoms with Crippen LogP contribution in [0.5, 0.6) is 0 Å². The number of nitrogens with two attached hydrogens (primary N) is 1. The van der Waals surface area contributed by atoms with Crippen LogP contribution in [0.1, 0.15) is 37.0 Å². The average Bonchev–Trinajstić information content (AvgIpc) is 2.32. The molecule has 0 saturated carbocycles. The topological polar surface area (TPSA) is 43.1 Å². The van der Waals surface area contributed by atoms with Gasteiger partial charge >= 0.3 is 0 Å². The molecule has 0 saturated heterocycles. The van der Waals surface area contributed by atoms with Crippen molar-refractivity contribution in [2.45, 2.75) is 26.7 Å². The van der Waals surface area contributed by atoms with Gasteiger partial charge in [-0.25, -0.2) is 0 Å². The van der Waals surface area contributed by atoms with Crippen LogP contribution in [0.3, 0.4) is 0 Å². The summed E-state index contributed by atoms with van der Waals surface area (Å²) in [7, 11) is 0. The van der Waals surface area contributed by atoms with E-state index in [2.05, 4.69) is 0 Å². The lowest BCUT2D eigenvalue weighted by atomic mass is 9.76. The molecule has 0 atom stereocenters. The van der Waals surface area contributed by atoms with Gasteiger partial charge in [0.05, 0.1) is 0 Å². The molecule has 1 aromatic carbocycles. The highest BCUT2D eigenvalue weighted by atomic mass is 35.5. The van der Waals surface area contributed by atoms with Gasteiger partial charge in [-0.1, -0.05) is 37.6 Å². The minimum atomic E-state index is -0.440. The van der Waals surface area contributed by atoms with Crippen LogP contribution in [0.2, 0.25) is 5.02 Å². The Morgan fingerprint density at radius 1 is 1.38 bits per heavy atom. The Morgan fingerprint density at radius 2 is 2.00 bits per heavy atom. The quantitative estimate of drug-likeness (QED) is 0.802. The van der Waals surface area contributed by atoms with E-state index in [1.807, 2.05) is 13.8 Å². The third-order valence-electron chi connectivity index (χ3n) is 3.31. The van der Waals surface area contributed by atoms with Gasteiger partial charge in [-0.2, -0.15) is 0 Å². The molecule has 0 unspecified atom stereocenters. The first-order valence-corrected chi connectivity index (χ1v) is 5.98. The number of rotatable bonds is 5. The first-order chi connectivity index (χ1) is 7.59. The third kappa shape index (κ3) is 2.45. The minimum absolute atomic E-state index is 0.0995. The molecule has 0 aromatic heterocycles. The van der Waals surface area contributed by atoms with Crippen LogP contribution in [0, 0.1) is 5.41 Å². The molecule has 0 fully saturated rings. The molecule has 3 heteroatoms. The summed E-state index contributed by atoms with van der Waals surface area (Å²) in [5.41, 5.74) is 5.97. The standard InChI is InChI=1S/C13H18ClNO/c1-3-13(4-2,9-15)12(16)10-6-5-7-11(14)8-10/h5-8H,3-4,9,15H2,1-2H3. The Morgan fingerprint density at radius 3 is 2.44 bits per heavy atom. The number of benzene rings is 1. The maximum absolute atomic E-state index is 12.4. The van der Waals surface area contributed by atoms with E-state index in [1.54, 1.807) is 24.3 Å². The summed E-state index contributed by atoms with van der Waals surface area (Å²) in [6.07, 6.45) is 1.51. The summed E-state index contributed by atoms with van der Waals surface area (Å²) < 4.78 is 0. The van der Waals surface area contributed by atoms with E-state index in [1.165, 1.54) is 0 Å². The molecule has 2 N–H and O–H groups in total. The number of Topliss-reactive ketones (excluding diaryl/α,β-unsaturated/α-hetero) is 1. The molecule has 16 heavy (non-hydrogen) atoms. The van der Waals surface area contributed by atoms with Gasteiger partial charge < -0.3 is 5.73 Å². The van der Waals surface area contributed by atoms with Crippen molar-refractivity contribution in [3.05, 3.63) is 34.9 Å². The highest BCUT2D eigenvalue weighted by Gasteiger charge is 2.33. The monoisotopic (exact) mass is 239 g/mol. The van der Waals surface area contributed by atoms with Gasteiger partial charge in [-0.05, 0) is 25.0 Å². The summed E-state index contributed by atoms with van der Waals surface area (Å²) in [6, 6.07) is 7.06. The Labute approximate surface area is 102 Å². The lowest BCUT2D eigenvalue weighted by Gasteiger charge is -2.28. The van der Waals surface area contributed by atoms with Crippen molar-refractivity contribution in [2.75, 3.05) is 6.54 Å². The second kappa shape index (κ2) is 5.46. The van der Waals surface area contributed by atoms with Crippen molar-refractivity contribution >= 4 is 17.4 Å². The number of ketones is 1. The smallest absolute Gasteiger partial charge is 0.170 e. The zero-order valence-corrected chi connectivity index (χ0v) is 10.6. The van der Waals surface area contributed by atoms with Crippen LogP contribution in [0.25, 0.3) is 0 Å². The SMILES string of the molecule is CCC(CC)(CN)C(=O)c1cccc(Cl)c1. The summed E-state index contributed by atoms with van der Waals surface area (Å²) in [5, 5.41) is 0.587. The van der Waals surface area contributed by atoms with Gasteiger partial charge in [-0.15, -0.1) is 0 Å². The van der Waals surface area contributed by atoms with Crippen LogP contribution in [-0.4, -0.2) is 12.3 Å². The van der Waals surface area contributed by atoms with Crippen LogP contribution in [0.4, 0.5) is 0 Å². The summed E-state index contributed by atoms with van der Waals surface area (Å²) in [5.74, 6) is 0.0995. The molecule has 0 heterocycles. The number of halogens is 1. The minimum Gasteiger partial charge on any atom is -0.329 e. The predicted molar refractivity (Wildman–Crippen MR) is 67.9 cm³/mol. The Kier molecular flexibility index (Phi) is 4.51. The average molecular weight is 240 g/mol. The van der Waals surface area contributed by atoms with E-state index in [4.69, 9.17) is 17.3 Å². The second-order valence-electron chi connectivity index (χ2n) is 4.03. The van der Waals surface area contributed by atoms with E-state index in [0.29, 0.717) is 17.1 Å². The van der Waals surface area contributed by atoms with E-state index in [-0.39, 0.29) is 5.78 Å². The fourth-order valence-electron chi connectivity index (χ4n) is 1.89. The number of hydrogen-bond donors (Lipinski definition) is 1. The van der Waals surface area contributed by atoms with Crippen molar-refractivity contribution in [1.82, 2.24) is 0 Å². The molecule has 88 valence electrons. The fraction of sp³-hybridized carbons (Fsp3) is 0.462. The number of hydrogen-bond acceptors (Lipinski definition) is 2. The van der Waals surface area contributed by atoms with E-state index >= 15 is 0 Å². The molecule has 0 aliphatic rings. The predicted octanol–water partition coefficient (Wildman–Crippen LogP) is 3.29. The van der Waals surface area contributed by atoms with Crippen LogP contribution in [-0.2, 0) is 0 Å². The molecule has 1 rings (SSSR count).